The molecule has 0 spiro atoms. The monoisotopic (exact) mass is 339 g/mol. The summed E-state index contributed by atoms with van der Waals surface area (Å²) in [6.07, 6.45) is -0.776. The zero-order chi connectivity index (χ0) is 17.8. The average Bonchev–Trinajstić information content (AvgIpc) is 2.31. The molecule has 0 bridgehead atoms. The molecule has 1 atom stereocenters. The van der Waals surface area contributed by atoms with E-state index in [9.17, 15) is 14.7 Å². The predicted molar refractivity (Wildman–Crippen MR) is 90.2 cm³/mol. The van der Waals surface area contributed by atoms with Crippen LogP contribution in [0.3, 0.4) is 0 Å². The van der Waals surface area contributed by atoms with Gasteiger partial charge in [-0.2, -0.15) is 0 Å². The van der Waals surface area contributed by atoms with Crippen molar-refractivity contribution >= 4 is 20.4 Å². The van der Waals surface area contributed by atoms with Gasteiger partial charge in [0, 0.05) is 0 Å². The van der Waals surface area contributed by atoms with Crippen LogP contribution in [-0.2, 0) is 9.53 Å². The smallest absolute Gasteiger partial charge is 0.408 e. The van der Waals surface area contributed by atoms with Crippen molar-refractivity contribution in [2.45, 2.75) is 52.1 Å². The quantitative estimate of drug-likeness (QED) is 0.801. The molecule has 0 aromatic heterocycles. The lowest BCUT2D eigenvalue weighted by atomic mass is 10.1. The molecule has 0 saturated carbocycles. The van der Waals surface area contributed by atoms with E-state index >= 15 is 0 Å². The maximum Gasteiger partial charge on any atom is 0.408 e. The second kappa shape index (κ2) is 7.04. The Balaban J connectivity index is 2.96. The van der Waals surface area contributed by atoms with Crippen LogP contribution in [0.25, 0.3) is 0 Å². The highest BCUT2D eigenvalue weighted by Crippen LogP contribution is 2.22. The lowest BCUT2D eigenvalue weighted by molar-refractivity contribution is -0.139. The number of rotatable bonds is 5. The van der Waals surface area contributed by atoms with E-state index in [2.05, 4.69) is 5.32 Å². The number of amides is 1. The number of hydrogen-bond donors (Lipinski definition) is 2. The van der Waals surface area contributed by atoms with Crippen LogP contribution < -0.4 is 9.74 Å². The van der Waals surface area contributed by atoms with E-state index in [0.717, 1.165) is 0 Å². The van der Waals surface area contributed by atoms with Crippen LogP contribution in [0.5, 0.6) is 5.75 Å². The summed E-state index contributed by atoms with van der Waals surface area (Å²) in [7, 11) is -1.81. The number of benzene rings is 1. The zero-order valence-electron chi connectivity index (χ0n) is 14.5. The summed E-state index contributed by atoms with van der Waals surface area (Å²) in [5, 5.41) is 11.8. The number of carbonyl (C=O) groups excluding carboxylic acids is 1. The highest BCUT2D eigenvalue weighted by atomic mass is 28.4. The van der Waals surface area contributed by atoms with E-state index in [0.29, 0.717) is 11.3 Å². The third kappa shape index (κ3) is 7.18. The Morgan fingerprint density at radius 2 is 1.83 bits per heavy atom. The highest BCUT2D eigenvalue weighted by Gasteiger charge is 2.26. The second-order valence-corrected chi connectivity index (χ2v) is 11.6. The van der Waals surface area contributed by atoms with E-state index in [4.69, 9.17) is 9.16 Å². The number of carboxylic acid groups (broad SMARTS) is 1. The van der Waals surface area contributed by atoms with Crippen LogP contribution >= 0.6 is 0 Å². The van der Waals surface area contributed by atoms with E-state index in [1.165, 1.54) is 0 Å². The van der Waals surface area contributed by atoms with Gasteiger partial charge in [-0.1, -0.05) is 12.1 Å². The van der Waals surface area contributed by atoms with Crippen molar-refractivity contribution < 1.29 is 23.9 Å². The molecule has 6 nitrogen and oxygen atoms in total. The molecule has 1 aromatic carbocycles. The molecule has 0 fully saturated rings. The first-order valence-corrected chi connectivity index (χ1v) is 10.8. The van der Waals surface area contributed by atoms with Gasteiger partial charge in [-0.15, -0.1) is 0 Å². The molecule has 0 aliphatic carbocycles. The van der Waals surface area contributed by atoms with E-state index in [-0.39, 0.29) is 0 Å². The Morgan fingerprint density at radius 3 is 2.30 bits per heavy atom. The first kappa shape index (κ1) is 19.0. The largest absolute Gasteiger partial charge is 0.544 e. The summed E-state index contributed by atoms with van der Waals surface area (Å²) in [6.45, 7) is 11.2. The van der Waals surface area contributed by atoms with Crippen LogP contribution in [0, 0.1) is 0 Å². The van der Waals surface area contributed by atoms with Crippen molar-refractivity contribution in [2.24, 2.45) is 0 Å². The van der Waals surface area contributed by atoms with Crippen LogP contribution in [0.2, 0.25) is 19.6 Å². The Morgan fingerprint density at radius 1 is 1.22 bits per heavy atom. The summed E-state index contributed by atoms with van der Waals surface area (Å²) >= 11 is 0. The van der Waals surface area contributed by atoms with Crippen LogP contribution in [0.15, 0.2) is 24.3 Å². The van der Waals surface area contributed by atoms with Crippen molar-refractivity contribution in [3.05, 3.63) is 29.8 Å². The molecule has 23 heavy (non-hydrogen) atoms. The molecule has 0 radical (unpaired) electrons. The number of nitrogens with one attached hydrogen (secondary N) is 1. The van der Waals surface area contributed by atoms with Gasteiger partial charge < -0.3 is 19.6 Å². The summed E-state index contributed by atoms with van der Waals surface area (Å²) in [5.74, 6) is -0.570. The third-order valence-electron chi connectivity index (χ3n) is 2.52. The summed E-state index contributed by atoms with van der Waals surface area (Å²) < 4.78 is 11.0. The van der Waals surface area contributed by atoms with Crippen LogP contribution in [0.4, 0.5) is 4.79 Å². The molecule has 1 aromatic rings. The molecule has 1 rings (SSSR count). The van der Waals surface area contributed by atoms with Crippen molar-refractivity contribution in [1.82, 2.24) is 5.32 Å². The number of hydrogen-bond acceptors (Lipinski definition) is 4. The third-order valence-corrected chi connectivity index (χ3v) is 3.37. The SMILES string of the molecule is CC(C)(C)OC(=O)NC(C(=O)O)c1cccc(O[Si](C)(C)C)c1. The van der Waals surface area contributed by atoms with Gasteiger partial charge in [0.1, 0.15) is 11.4 Å². The van der Waals surface area contributed by atoms with Crippen LogP contribution in [0.1, 0.15) is 32.4 Å². The molecule has 128 valence electrons. The van der Waals surface area contributed by atoms with E-state index in [1.807, 2.05) is 19.6 Å². The van der Waals surface area contributed by atoms with Gasteiger partial charge in [-0.05, 0) is 58.1 Å². The zero-order valence-corrected chi connectivity index (χ0v) is 15.5. The van der Waals surface area contributed by atoms with Crippen molar-refractivity contribution in [2.75, 3.05) is 0 Å². The first-order valence-electron chi connectivity index (χ1n) is 7.39. The average molecular weight is 339 g/mol. The molecular formula is C16H25NO5Si. The highest BCUT2D eigenvalue weighted by molar-refractivity contribution is 6.70. The lowest BCUT2D eigenvalue weighted by Gasteiger charge is -2.23. The number of aliphatic carboxylic acids is 1. The Labute approximate surface area is 137 Å². The molecule has 0 aliphatic rings. The van der Waals surface area contributed by atoms with Crippen molar-refractivity contribution in [1.29, 1.82) is 0 Å². The fourth-order valence-corrected chi connectivity index (χ4v) is 2.66. The first-order chi connectivity index (χ1) is 10.4. The minimum absolute atomic E-state index is 0.430. The van der Waals surface area contributed by atoms with Gasteiger partial charge in [-0.3, -0.25) is 0 Å². The fraction of sp³-hybridized carbons (Fsp3) is 0.500. The van der Waals surface area contributed by atoms with Crippen LogP contribution in [-0.4, -0.2) is 31.1 Å². The molecule has 1 amide bonds. The van der Waals surface area contributed by atoms with Gasteiger partial charge in [0.15, 0.2) is 6.04 Å². The number of carboxylic acids is 1. The summed E-state index contributed by atoms with van der Waals surface area (Å²) in [5.41, 5.74) is -0.269. The molecule has 0 heterocycles. The minimum atomic E-state index is -1.81. The van der Waals surface area contributed by atoms with Gasteiger partial charge in [0.05, 0.1) is 0 Å². The maximum atomic E-state index is 11.8. The fourth-order valence-electron chi connectivity index (χ4n) is 1.82. The Hall–Kier alpha value is -2.02. The maximum absolute atomic E-state index is 11.8. The second-order valence-electron chi connectivity index (χ2n) is 7.20. The normalized spacial score (nSPS) is 13.1. The van der Waals surface area contributed by atoms with Gasteiger partial charge in [0.2, 0.25) is 8.32 Å². The molecule has 0 saturated heterocycles. The molecule has 7 heteroatoms. The number of carbonyl (C=O) groups is 2. The van der Waals surface area contributed by atoms with Gasteiger partial charge >= 0.3 is 12.1 Å². The van der Waals surface area contributed by atoms with Crippen molar-refractivity contribution in [3.63, 3.8) is 0 Å². The van der Waals surface area contributed by atoms with E-state index in [1.54, 1.807) is 45.0 Å². The van der Waals surface area contributed by atoms with Gasteiger partial charge in [0.25, 0.3) is 0 Å². The summed E-state index contributed by atoms with van der Waals surface area (Å²) in [6, 6.07) is 5.54. The Bertz CT molecular complexity index is 575. The van der Waals surface area contributed by atoms with Crippen molar-refractivity contribution in [3.8, 4) is 5.75 Å². The van der Waals surface area contributed by atoms with E-state index < -0.39 is 32.0 Å². The molecule has 0 aliphatic heterocycles. The topological polar surface area (TPSA) is 84.9 Å². The minimum Gasteiger partial charge on any atom is -0.544 e. The number of ether oxygens (including phenoxy) is 1. The molecular weight excluding hydrogens is 314 g/mol. The number of alkyl carbamates (subject to hydrolysis) is 1. The lowest BCUT2D eigenvalue weighted by Crippen LogP contribution is -2.38. The molecule has 2 N–H and O–H groups in total. The molecule has 1 unspecified atom stereocenters. The predicted octanol–water partition coefficient (Wildman–Crippen LogP) is 3.55. The standard InChI is InChI=1S/C16H25NO5Si/c1-16(2,3)21-15(20)17-13(14(18)19)11-8-7-9-12(10-11)22-23(4,5)6/h7-10,13H,1-6H3,(H,17,20)(H,18,19). The Kier molecular flexibility index (Phi) is 5.82. The summed E-state index contributed by atoms with van der Waals surface area (Å²) in [4.78, 5) is 23.3. The van der Waals surface area contributed by atoms with Gasteiger partial charge in [-0.25, -0.2) is 9.59 Å².